The van der Waals surface area contributed by atoms with E-state index in [-0.39, 0.29) is 227 Å². The number of ketones is 3. The van der Waals surface area contributed by atoms with Gasteiger partial charge in [0.2, 0.25) is 17.7 Å². The summed E-state index contributed by atoms with van der Waals surface area (Å²) in [4.78, 5) is 99.0. The number of amides is 5. The summed E-state index contributed by atoms with van der Waals surface area (Å²) in [5.74, 6) is -0.0514. The number of hydrogen-bond acceptors (Lipinski definition) is 16. The zero-order chi connectivity index (χ0) is 57.4. The molecule has 5 N–H and O–H groups in total. The standard InChI is InChI=1S/C56H95N5O16/c1-39(2)27-47(62)12-20-74-35-46(36-75-21-13-48(63)28-40(3)4)61-54(67)14-22-71-26-18-58-56(69)38-77-51-31-45(41(5)6)30-50(32-51)76-37-55(68)57-17-25-70-19-11-49(64)29-44(33-72-23-15-52(65)59-42(7)8)34-73-24-16-53(66)60-43(9)10/h30-32,39-44,46H,11-29,33-38H2,1-10H3,(H,57,68)(H,58,69)(H,59,65)(H,60,66)(H,61,67). The maximum Gasteiger partial charge on any atom is 0.258 e. The van der Waals surface area contributed by atoms with E-state index in [1.54, 1.807) is 18.2 Å². The van der Waals surface area contributed by atoms with Crippen molar-refractivity contribution < 1.29 is 76.3 Å². The highest BCUT2D eigenvalue weighted by Crippen LogP contribution is 2.27. The number of nitrogens with one attached hydrogen (secondary N) is 5. The van der Waals surface area contributed by atoms with Gasteiger partial charge in [-0.3, -0.25) is 38.4 Å². The van der Waals surface area contributed by atoms with E-state index in [0.29, 0.717) is 24.3 Å². The Morgan fingerprint density at radius 2 is 0.766 bits per heavy atom. The van der Waals surface area contributed by atoms with Crippen LogP contribution in [0.4, 0.5) is 0 Å². The molecule has 0 aliphatic carbocycles. The lowest BCUT2D eigenvalue weighted by Crippen LogP contribution is -2.42. The summed E-state index contributed by atoms with van der Waals surface area (Å²) in [5.41, 5.74) is 0.871. The van der Waals surface area contributed by atoms with Crippen LogP contribution in [-0.4, -0.2) is 171 Å². The normalized spacial score (nSPS) is 11.5. The minimum atomic E-state index is -0.487. The lowest BCUT2D eigenvalue weighted by Gasteiger charge is -2.19. The van der Waals surface area contributed by atoms with Crippen molar-refractivity contribution in [3.05, 3.63) is 23.8 Å². The third-order valence-electron chi connectivity index (χ3n) is 10.8. The van der Waals surface area contributed by atoms with E-state index in [9.17, 15) is 38.4 Å². The first kappa shape index (κ1) is 70.0. The van der Waals surface area contributed by atoms with Gasteiger partial charge in [-0.15, -0.1) is 0 Å². The van der Waals surface area contributed by atoms with E-state index < -0.39 is 11.9 Å². The van der Waals surface area contributed by atoms with Gasteiger partial charge in [0.1, 0.15) is 28.8 Å². The first-order valence-corrected chi connectivity index (χ1v) is 27.4. The summed E-state index contributed by atoms with van der Waals surface area (Å²) in [5, 5.41) is 14.0. The fraction of sp³-hybridized carbons (Fsp3) is 0.750. The topological polar surface area (TPSA) is 271 Å². The van der Waals surface area contributed by atoms with Crippen molar-refractivity contribution in [1.29, 1.82) is 0 Å². The molecule has 0 bridgehead atoms. The SMILES string of the molecule is CC(C)CC(=O)CCOCC(COCCC(=O)CC(C)C)NC(=O)CCOCCNC(=O)COc1cc(OCC(=O)NCCOCCC(=O)CC(COCCC(=O)NC(C)C)COCCC(=O)NC(C)C)cc(C(C)C)c1. The van der Waals surface area contributed by atoms with E-state index in [0.717, 1.165) is 5.56 Å². The molecule has 5 amide bonds. The summed E-state index contributed by atoms with van der Waals surface area (Å²) in [6, 6.07) is 4.74. The highest BCUT2D eigenvalue weighted by Gasteiger charge is 2.18. The molecule has 0 fully saturated rings. The molecule has 0 aliphatic heterocycles. The molecule has 0 unspecified atom stereocenters. The van der Waals surface area contributed by atoms with Crippen molar-refractivity contribution >= 4 is 46.9 Å². The Morgan fingerprint density at radius 1 is 0.403 bits per heavy atom. The predicted molar refractivity (Wildman–Crippen MR) is 291 cm³/mol. The second-order valence-electron chi connectivity index (χ2n) is 20.8. The number of Topliss-reactive ketones (excluding diaryl/α,β-unsaturated/α-hetero) is 3. The molecule has 77 heavy (non-hydrogen) atoms. The Balaban J connectivity index is 2.47. The average molecular weight is 1090 g/mol. The van der Waals surface area contributed by atoms with Crippen molar-refractivity contribution in [2.45, 2.75) is 151 Å². The predicted octanol–water partition coefficient (Wildman–Crippen LogP) is 4.58. The average Bonchev–Trinajstić information content (AvgIpc) is 3.34. The van der Waals surface area contributed by atoms with E-state index in [1.165, 1.54) is 0 Å². The number of ether oxygens (including phenoxy) is 8. The zero-order valence-electron chi connectivity index (χ0n) is 48.0. The highest BCUT2D eigenvalue weighted by atomic mass is 16.5. The summed E-state index contributed by atoms with van der Waals surface area (Å²) in [6.07, 6.45) is 2.28. The van der Waals surface area contributed by atoms with Crippen molar-refractivity contribution in [2.75, 3.05) is 106 Å². The van der Waals surface area contributed by atoms with E-state index >= 15 is 0 Å². The molecule has 0 saturated carbocycles. The van der Waals surface area contributed by atoms with Gasteiger partial charge in [0, 0.05) is 94.9 Å². The Bertz CT molecular complexity index is 1690. The van der Waals surface area contributed by atoms with Crippen molar-refractivity contribution in [3.63, 3.8) is 0 Å². The van der Waals surface area contributed by atoms with Crippen LogP contribution >= 0.6 is 0 Å². The zero-order valence-corrected chi connectivity index (χ0v) is 48.0. The number of carbonyl (C=O) groups excluding carboxylic acids is 8. The van der Waals surface area contributed by atoms with Gasteiger partial charge in [0.25, 0.3) is 11.8 Å². The van der Waals surface area contributed by atoms with Crippen LogP contribution in [0.25, 0.3) is 0 Å². The van der Waals surface area contributed by atoms with Crippen LogP contribution in [0, 0.1) is 17.8 Å². The Kier molecular flexibility index (Phi) is 39.0. The lowest BCUT2D eigenvalue weighted by molar-refractivity contribution is -0.125. The number of hydrogen-bond donors (Lipinski definition) is 5. The fourth-order valence-electron chi connectivity index (χ4n) is 7.15. The smallest absolute Gasteiger partial charge is 0.258 e. The van der Waals surface area contributed by atoms with E-state index in [1.807, 2.05) is 69.2 Å². The van der Waals surface area contributed by atoms with E-state index in [2.05, 4.69) is 26.6 Å². The van der Waals surface area contributed by atoms with Crippen LogP contribution in [0.3, 0.4) is 0 Å². The molecule has 1 aromatic rings. The Hall–Kier alpha value is -5.06. The van der Waals surface area contributed by atoms with Crippen LogP contribution in [0.5, 0.6) is 11.5 Å². The molecule has 1 aromatic carbocycles. The summed E-state index contributed by atoms with van der Waals surface area (Å²) in [6.45, 7) is 21.3. The molecule has 21 heteroatoms. The maximum atomic E-state index is 12.9. The minimum Gasteiger partial charge on any atom is -0.484 e. The number of rotatable bonds is 48. The van der Waals surface area contributed by atoms with Gasteiger partial charge in [-0.2, -0.15) is 0 Å². The van der Waals surface area contributed by atoms with Gasteiger partial charge < -0.3 is 64.5 Å². The molecule has 440 valence electrons. The second-order valence-corrected chi connectivity index (χ2v) is 20.8. The second kappa shape index (κ2) is 42.9. The Morgan fingerprint density at radius 3 is 1.17 bits per heavy atom. The molecule has 0 radical (unpaired) electrons. The van der Waals surface area contributed by atoms with E-state index in [4.69, 9.17) is 37.9 Å². The van der Waals surface area contributed by atoms with Crippen molar-refractivity contribution in [1.82, 2.24) is 26.6 Å². The highest BCUT2D eigenvalue weighted by molar-refractivity contribution is 5.80. The van der Waals surface area contributed by atoms with Crippen LogP contribution in [-0.2, 0) is 66.8 Å². The molecule has 0 atom stereocenters. The van der Waals surface area contributed by atoms with Crippen LogP contribution < -0.4 is 36.1 Å². The molecule has 0 saturated heterocycles. The maximum absolute atomic E-state index is 12.9. The molecule has 0 heterocycles. The molecular weight excluding hydrogens is 999 g/mol. The largest absolute Gasteiger partial charge is 0.484 e. The molecule has 1 rings (SSSR count). The summed E-state index contributed by atoms with van der Waals surface area (Å²) < 4.78 is 45.6. The number of benzene rings is 1. The fourth-order valence-corrected chi connectivity index (χ4v) is 7.15. The lowest BCUT2D eigenvalue weighted by atomic mass is 10.0. The van der Waals surface area contributed by atoms with Gasteiger partial charge in [0.05, 0.1) is 85.3 Å². The summed E-state index contributed by atoms with van der Waals surface area (Å²) >= 11 is 0. The van der Waals surface area contributed by atoms with Crippen LogP contribution in [0.1, 0.15) is 139 Å². The number of carbonyl (C=O) groups is 8. The molecule has 0 aromatic heterocycles. The van der Waals surface area contributed by atoms with Gasteiger partial charge in [-0.05, 0) is 63.1 Å². The summed E-state index contributed by atoms with van der Waals surface area (Å²) in [7, 11) is 0. The monoisotopic (exact) mass is 1090 g/mol. The molecule has 21 nitrogen and oxygen atoms in total. The minimum absolute atomic E-state index is 0.0221. The molecule has 0 aliphatic rings. The van der Waals surface area contributed by atoms with Gasteiger partial charge in [0.15, 0.2) is 13.2 Å². The van der Waals surface area contributed by atoms with Gasteiger partial charge >= 0.3 is 0 Å². The van der Waals surface area contributed by atoms with Crippen LogP contribution in [0.15, 0.2) is 18.2 Å². The first-order chi connectivity index (χ1) is 36.6. The third-order valence-corrected chi connectivity index (χ3v) is 10.8. The van der Waals surface area contributed by atoms with Gasteiger partial charge in [-0.1, -0.05) is 41.5 Å². The quantitative estimate of drug-likeness (QED) is 0.0559. The third kappa shape index (κ3) is 40.8. The van der Waals surface area contributed by atoms with Gasteiger partial charge in [-0.25, -0.2) is 0 Å². The van der Waals surface area contributed by atoms with Crippen molar-refractivity contribution in [2.24, 2.45) is 17.8 Å². The van der Waals surface area contributed by atoms with Crippen molar-refractivity contribution in [3.8, 4) is 11.5 Å². The molecular formula is C56H95N5O16. The Labute approximate surface area is 458 Å². The first-order valence-electron chi connectivity index (χ1n) is 27.4. The molecule has 0 spiro atoms. The van der Waals surface area contributed by atoms with Crippen LogP contribution in [0.2, 0.25) is 0 Å².